The fourth-order valence-electron chi connectivity index (χ4n) is 1.32. The predicted octanol–water partition coefficient (Wildman–Crippen LogP) is 2.10. The Morgan fingerprint density at radius 3 is 2.56 bits per heavy atom. The maximum atomic E-state index is 10.7. The Morgan fingerprint density at radius 2 is 2.06 bits per heavy atom. The van der Waals surface area contributed by atoms with Gasteiger partial charge in [-0.25, -0.2) is 0 Å². The number of nitrogens with zero attached hydrogens (tertiary/aromatic N) is 1. The van der Waals surface area contributed by atoms with Crippen LogP contribution in [0.15, 0.2) is 24.3 Å². The fraction of sp³-hybridized carbons (Fsp3) is 0.300. The minimum absolute atomic E-state index is 0.274. The SMILES string of the molecule is C#[N+][C@H](Cc1ccccc1Cl)CS(=O)(=O)O. The summed E-state index contributed by atoms with van der Waals surface area (Å²) in [5.41, 5.74) is 0.743. The molecule has 0 aromatic heterocycles. The van der Waals surface area contributed by atoms with Crippen LogP contribution in [0.1, 0.15) is 5.56 Å². The maximum Gasteiger partial charge on any atom is 0.292 e. The van der Waals surface area contributed by atoms with E-state index in [9.17, 15) is 8.42 Å². The third-order valence-electron chi connectivity index (χ3n) is 2.03. The van der Waals surface area contributed by atoms with Gasteiger partial charge in [0.2, 0.25) is 0 Å². The van der Waals surface area contributed by atoms with Crippen LogP contribution in [-0.4, -0.2) is 24.8 Å². The van der Waals surface area contributed by atoms with Crippen LogP contribution in [0.4, 0.5) is 0 Å². The Bertz CT molecular complexity index is 507. The number of halogens is 1. The van der Waals surface area contributed by atoms with Crippen LogP contribution >= 0.6 is 11.6 Å². The molecule has 0 aliphatic carbocycles. The van der Waals surface area contributed by atoms with E-state index in [0.29, 0.717) is 5.02 Å². The second kappa shape index (κ2) is 5.30. The van der Waals surface area contributed by atoms with E-state index < -0.39 is 21.9 Å². The average molecular weight is 261 g/mol. The number of rotatable bonds is 4. The third kappa shape index (κ3) is 4.19. The van der Waals surface area contributed by atoms with Crippen LogP contribution in [0.25, 0.3) is 4.85 Å². The van der Waals surface area contributed by atoms with Crippen molar-refractivity contribution in [2.24, 2.45) is 0 Å². The first-order chi connectivity index (χ1) is 7.42. The van der Waals surface area contributed by atoms with Crippen LogP contribution in [-0.2, 0) is 16.5 Å². The molecule has 0 saturated heterocycles. The molecule has 0 heterocycles. The largest absolute Gasteiger partial charge is 0.292 e. The van der Waals surface area contributed by atoms with Crippen LogP contribution in [0.5, 0.6) is 0 Å². The Morgan fingerprint density at radius 1 is 1.44 bits per heavy atom. The van der Waals surface area contributed by atoms with Gasteiger partial charge in [0.05, 0.1) is 6.42 Å². The number of hydrogen-bond donors (Lipinski definition) is 1. The fourth-order valence-corrected chi connectivity index (χ4v) is 2.22. The second-order valence-corrected chi connectivity index (χ2v) is 5.25. The topological polar surface area (TPSA) is 58.7 Å². The average Bonchev–Trinajstić information content (AvgIpc) is 2.18. The quantitative estimate of drug-likeness (QED) is 0.844. The highest BCUT2D eigenvalue weighted by Gasteiger charge is 2.25. The van der Waals surface area contributed by atoms with Crippen molar-refractivity contribution in [3.05, 3.63) is 39.7 Å². The van der Waals surface area contributed by atoms with Crippen LogP contribution in [0.3, 0.4) is 0 Å². The Balaban J connectivity index is 2.80. The number of hydrogen-bond acceptors (Lipinski definition) is 2. The second-order valence-electron chi connectivity index (χ2n) is 3.35. The molecule has 4 nitrogen and oxygen atoms in total. The molecule has 0 spiro atoms. The van der Waals surface area contributed by atoms with Gasteiger partial charge >= 0.3 is 0 Å². The van der Waals surface area contributed by atoms with Crippen molar-refractivity contribution in [1.82, 2.24) is 0 Å². The van der Waals surface area contributed by atoms with Gasteiger partial charge in [0.25, 0.3) is 22.7 Å². The van der Waals surface area contributed by atoms with Gasteiger partial charge in [-0.05, 0) is 11.6 Å². The van der Waals surface area contributed by atoms with Gasteiger partial charge < -0.3 is 0 Å². The van der Waals surface area contributed by atoms with Gasteiger partial charge in [0, 0.05) is 5.02 Å². The van der Waals surface area contributed by atoms with Gasteiger partial charge in [0.15, 0.2) is 5.75 Å². The molecule has 0 unspecified atom stereocenters. The van der Waals surface area contributed by atoms with Gasteiger partial charge in [-0.15, -0.1) is 0 Å². The summed E-state index contributed by atoms with van der Waals surface area (Å²) in [6, 6.07) is 6.29. The zero-order chi connectivity index (χ0) is 12.2. The van der Waals surface area contributed by atoms with E-state index in [2.05, 4.69) is 4.85 Å². The number of benzene rings is 1. The van der Waals surface area contributed by atoms with E-state index in [4.69, 9.17) is 22.7 Å². The highest BCUT2D eigenvalue weighted by molar-refractivity contribution is 7.85. The normalized spacial score (nSPS) is 13.1. The maximum absolute atomic E-state index is 10.7. The summed E-state index contributed by atoms with van der Waals surface area (Å²) in [6.45, 7) is 5.08. The van der Waals surface area contributed by atoms with Crippen LogP contribution in [0.2, 0.25) is 5.02 Å². The Labute approximate surface area is 99.4 Å². The minimum Gasteiger partial charge on any atom is -0.285 e. The van der Waals surface area contributed by atoms with E-state index in [-0.39, 0.29) is 6.42 Å². The predicted molar refractivity (Wildman–Crippen MR) is 63.7 cm³/mol. The summed E-state index contributed by atoms with van der Waals surface area (Å²) in [7, 11) is -4.09. The first-order valence-corrected chi connectivity index (χ1v) is 6.49. The summed E-state index contributed by atoms with van der Waals surface area (Å²) in [4.78, 5) is 3.41. The highest BCUT2D eigenvalue weighted by atomic mass is 35.5. The molecule has 6 heteroatoms. The first kappa shape index (κ1) is 13.0. The highest BCUT2D eigenvalue weighted by Crippen LogP contribution is 2.18. The molecule has 0 aliphatic heterocycles. The molecule has 0 fully saturated rings. The first-order valence-electron chi connectivity index (χ1n) is 4.51. The standard InChI is InChI=1S/C10H10ClNO3S/c1-12-9(7-16(13,14)15)6-8-4-2-3-5-10(8)11/h1-5,9H,6-7H2/p+1/t9-/m1/s1. The van der Waals surface area contributed by atoms with E-state index in [1.807, 2.05) is 0 Å². The molecular formula is C10H11ClNO3S+. The van der Waals surface area contributed by atoms with Crippen molar-refractivity contribution in [1.29, 1.82) is 0 Å². The molecule has 1 N–H and O–H groups in total. The lowest BCUT2D eigenvalue weighted by Crippen LogP contribution is -2.19. The smallest absolute Gasteiger partial charge is 0.285 e. The molecule has 0 radical (unpaired) electrons. The molecule has 1 atom stereocenters. The van der Waals surface area contributed by atoms with E-state index in [1.165, 1.54) is 0 Å². The van der Waals surface area contributed by atoms with Crippen molar-refractivity contribution >= 4 is 21.7 Å². The van der Waals surface area contributed by atoms with Crippen molar-refractivity contribution in [3.8, 4) is 6.57 Å². The summed E-state index contributed by atoms with van der Waals surface area (Å²) >= 11 is 5.90. The molecule has 1 rings (SSSR count). The zero-order valence-corrected chi connectivity index (χ0v) is 9.95. The lowest BCUT2D eigenvalue weighted by atomic mass is 10.1. The van der Waals surface area contributed by atoms with E-state index in [0.717, 1.165) is 5.56 Å². The van der Waals surface area contributed by atoms with Crippen molar-refractivity contribution < 1.29 is 13.0 Å². The van der Waals surface area contributed by atoms with Gasteiger partial charge in [0.1, 0.15) is 0 Å². The van der Waals surface area contributed by atoms with Crippen LogP contribution < -0.4 is 0 Å². The van der Waals surface area contributed by atoms with Gasteiger partial charge in [-0.2, -0.15) is 8.42 Å². The van der Waals surface area contributed by atoms with Gasteiger partial charge in [-0.1, -0.05) is 34.6 Å². The molecule has 1 aromatic rings. The third-order valence-corrected chi connectivity index (χ3v) is 3.20. The molecule has 0 aliphatic rings. The molecule has 86 valence electrons. The zero-order valence-electron chi connectivity index (χ0n) is 8.38. The summed E-state index contributed by atoms with van der Waals surface area (Å²) in [6.07, 6.45) is 0.274. The lowest BCUT2D eigenvalue weighted by Gasteiger charge is -2.03. The summed E-state index contributed by atoms with van der Waals surface area (Å²) in [5, 5.41) is 0.520. The summed E-state index contributed by atoms with van der Waals surface area (Å²) in [5.74, 6) is -0.505. The molecule has 0 bridgehead atoms. The molecule has 0 saturated carbocycles. The monoisotopic (exact) mass is 260 g/mol. The molecule has 16 heavy (non-hydrogen) atoms. The Hall–Kier alpha value is -1.09. The summed E-state index contributed by atoms with van der Waals surface area (Å²) < 4.78 is 30.1. The van der Waals surface area contributed by atoms with Crippen LogP contribution in [0, 0.1) is 6.57 Å². The Kier molecular flexibility index (Phi) is 4.30. The van der Waals surface area contributed by atoms with Crippen molar-refractivity contribution in [3.63, 3.8) is 0 Å². The van der Waals surface area contributed by atoms with E-state index >= 15 is 0 Å². The molecule has 0 amide bonds. The van der Waals surface area contributed by atoms with E-state index in [1.54, 1.807) is 24.3 Å². The van der Waals surface area contributed by atoms with Crippen molar-refractivity contribution in [2.45, 2.75) is 12.5 Å². The molecule has 1 aromatic carbocycles. The lowest BCUT2D eigenvalue weighted by molar-refractivity contribution is 0.479. The minimum atomic E-state index is -4.09. The van der Waals surface area contributed by atoms with Gasteiger partial charge in [-0.3, -0.25) is 4.55 Å². The van der Waals surface area contributed by atoms with Crippen molar-refractivity contribution in [2.75, 3.05) is 5.75 Å². The molecular weight excluding hydrogens is 250 g/mol.